The minimum Gasteiger partial charge on any atom is -0.402 e. The molecule has 0 atom stereocenters. The van der Waals surface area contributed by atoms with Gasteiger partial charge in [-0.2, -0.15) is 0 Å². The highest BCUT2D eigenvalue weighted by molar-refractivity contribution is 5.97. The second-order valence-electron chi connectivity index (χ2n) is 5.72. The number of aliphatic imine (C=N–C) groups is 1. The van der Waals surface area contributed by atoms with Gasteiger partial charge in [0.15, 0.2) is 0 Å². The second kappa shape index (κ2) is 8.68. The van der Waals surface area contributed by atoms with Gasteiger partial charge >= 0.3 is 0 Å². The summed E-state index contributed by atoms with van der Waals surface area (Å²) < 4.78 is 0. The summed E-state index contributed by atoms with van der Waals surface area (Å²) in [5.74, 6) is 0. The Morgan fingerprint density at radius 1 is 0.917 bits per heavy atom. The van der Waals surface area contributed by atoms with Crippen LogP contribution in [0.4, 0.5) is 5.69 Å². The summed E-state index contributed by atoms with van der Waals surface area (Å²) in [5.41, 5.74) is 9.54. The van der Waals surface area contributed by atoms with Crippen molar-refractivity contribution in [2.75, 3.05) is 0 Å². The number of fused-ring (bicyclic) bond motifs is 1. The Labute approximate surface area is 144 Å². The van der Waals surface area contributed by atoms with Crippen LogP contribution in [0.1, 0.15) is 19.4 Å². The molecule has 2 nitrogen and oxygen atoms in total. The maximum atomic E-state index is 5.55. The summed E-state index contributed by atoms with van der Waals surface area (Å²) in [4.78, 5) is 4.72. The van der Waals surface area contributed by atoms with Crippen molar-refractivity contribution in [2.24, 2.45) is 10.7 Å². The van der Waals surface area contributed by atoms with Crippen molar-refractivity contribution in [1.82, 2.24) is 0 Å². The van der Waals surface area contributed by atoms with Gasteiger partial charge < -0.3 is 5.73 Å². The first-order chi connectivity index (χ1) is 11.6. The molecular formula is C22H24N2. The first-order valence-electron chi connectivity index (χ1n) is 8.05. The van der Waals surface area contributed by atoms with E-state index >= 15 is 0 Å². The molecule has 2 N–H and O–H groups in total. The van der Waals surface area contributed by atoms with Gasteiger partial charge in [-0.25, -0.2) is 0 Å². The van der Waals surface area contributed by atoms with Crippen LogP contribution in [0.3, 0.4) is 0 Å². The first kappa shape index (κ1) is 17.5. The Morgan fingerprint density at radius 3 is 2.42 bits per heavy atom. The number of nitrogens with two attached hydrogens (primary N) is 1. The van der Waals surface area contributed by atoms with Gasteiger partial charge in [-0.1, -0.05) is 60.7 Å². The van der Waals surface area contributed by atoms with Crippen LogP contribution in [0, 0.1) is 6.92 Å². The van der Waals surface area contributed by atoms with Crippen LogP contribution in [0.2, 0.25) is 0 Å². The third kappa shape index (κ3) is 5.10. The minimum absolute atomic E-state index is 0.795. The molecule has 0 aliphatic heterocycles. The number of benzene rings is 2. The van der Waals surface area contributed by atoms with Crippen LogP contribution in [0.25, 0.3) is 10.8 Å². The molecule has 0 unspecified atom stereocenters. The van der Waals surface area contributed by atoms with Crippen molar-refractivity contribution in [1.29, 1.82) is 0 Å². The number of hydrogen-bond acceptors (Lipinski definition) is 2. The molecule has 122 valence electrons. The Hall–Kier alpha value is -2.87. The van der Waals surface area contributed by atoms with Crippen molar-refractivity contribution >= 4 is 22.2 Å². The Kier molecular flexibility index (Phi) is 6.32. The molecule has 0 spiro atoms. The van der Waals surface area contributed by atoms with E-state index in [4.69, 9.17) is 10.7 Å². The number of nitrogens with zero attached hydrogens (tertiary/aromatic N) is 1. The summed E-state index contributed by atoms with van der Waals surface area (Å²) in [7, 11) is 0. The number of hydrogen-bond donors (Lipinski definition) is 1. The van der Waals surface area contributed by atoms with Crippen molar-refractivity contribution in [3.05, 3.63) is 90.2 Å². The van der Waals surface area contributed by atoms with Gasteiger partial charge in [-0.15, -0.1) is 0 Å². The number of rotatable bonds is 5. The first-order valence-corrected chi connectivity index (χ1v) is 8.05. The lowest BCUT2D eigenvalue weighted by molar-refractivity contribution is 1.32. The van der Waals surface area contributed by atoms with E-state index in [1.807, 2.05) is 56.4 Å². The van der Waals surface area contributed by atoms with Crippen molar-refractivity contribution in [2.45, 2.75) is 20.8 Å². The van der Waals surface area contributed by atoms with E-state index in [-0.39, 0.29) is 0 Å². The molecule has 24 heavy (non-hydrogen) atoms. The van der Waals surface area contributed by atoms with Crippen LogP contribution in [-0.2, 0) is 0 Å². The molecule has 0 aliphatic carbocycles. The summed E-state index contributed by atoms with van der Waals surface area (Å²) >= 11 is 0. The van der Waals surface area contributed by atoms with Gasteiger partial charge in [0.25, 0.3) is 0 Å². The van der Waals surface area contributed by atoms with E-state index in [2.05, 4.69) is 43.3 Å². The molecule has 0 aliphatic rings. The van der Waals surface area contributed by atoms with Crippen LogP contribution in [-0.4, -0.2) is 5.71 Å². The molecule has 2 aromatic carbocycles. The fraction of sp³-hybridized carbons (Fsp3) is 0.136. The summed E-state index contributed by atoms with van der Waals surface area (Å²) in [6.45, 7) is 5.99. The van der Waals surface area contributed by atoms with Crippen molar-refractivity contribution in [3.8, 4) is 0 Å². The predicted octanol–water partition coefficient (Wildman–Crippen LogP) is 5.77. The third-order valence-electron chi connectivity index (χ3n) is 3.61. The Balaban J connectivity index is 2.09. The van der Waals surface area contributed by atoms with Gasteiger partial charge in [0, 0.05) is 11.4 Å². The minimum atomic E-state index is 0.795. The smallest absolute Gasteiger partial charge is 0.0668 e. The quantitative estimate of drug-likeness (QED) is 0.551. The van der Waals surface area contributed by atoms with Crippen LogP contribution in [0.15, 0.2) is 89.6 Å². The average molecular weight is 316 g/mol. The molecule has 0 heterocycles. The standard InChI is InChI=1S/C22H24N2/c1-17(23)11-7-5-4-6-8-12-18(2)24-22-16-15-20-13-9-10-14-21(20)19(22)3/h4-16H,23H2,1-3H3. The zero-order valence-corrected chi connectivity index (χ0v) is 14.5. The van der Waals surface area contributed by atoms with Crippen molar-refractivity contribution in [3.63, 3.8) is 0 Å². The van der Waals surface area contributed by atoms with Crippen molar-refractivity contribution < 1.29 is 0 Å². The zero-order valence-electron chi connectivity index (χ0n) is 14.5. The fourth-order valence-corrected chi connectivity index (χ4v) is 2.36. The summed E-state index contributed by atoms with van der Waals surface area (Å²) in [6.07, 6.45) is 13.7. The second-order valence-corrected chi connectivity index (χ2v) is 5.72. The molecule has 0 saturated carbocycles. The largest absolute Gasteiger partial charge is 0.402 e. The van der Waals surface area contributed by atoms with Gasteiger partial charge in [0.05, 0.1) is 5.69 Å². The van der Waals surface area contributed by atoms with Gasteiger partial charge in [-0.3, -0.25) is 4.99 Å². The summed E-state index contributed by atoms with van der Waals surface area (Å²) in [6, 6.07) is 12.6. The highest BCUT2D eigenvalue weighted by Gasteiger charge is 2.01. The van der Waals surface area contributed by atoms with E-state index in [1.54, 1.807) is 0 Å². The Morgan fingerprint density at radius 2 is 1.62 bits per heavy atom. The average Bonchev–Trinajstić information content (AvgIpc) is 2.56. The SMILES string of the molecule is CC(N)=CC=CC=CC=CC(C)=Nc1ccc2ccccc2c1C. The molecule has 0 saturated heterocycles. The van der Waals surface area contributed by atoms with Crippen LogP contribution in [0.5, 0.6) is 0 Å². The zero-order chi connectivity index (χ0) is 17.4. The maximum Gasteiger partial charge on any atom is 0.0668 e. The third-order valence-corrected chi connectivity index (χ3v) is 3.61. The van der Waals surface area contributed by atoms with E-state index in [0.717, 1.165) is 17.1 Å². The molecule has 0 fully saturated rings. The molecule has 2 heteroatoms. The fourth-order valence-electron chi connectivity index (χ4n) is 2.36. The highest BCUT2D eigenvalue weighted by atomic mass is 14.7. The van der Waals surface area contributed by atoms with Gasteiger partial charge in [-0.05, 0) is 55.3 Å². The lowest BCUT2D eigenvalue weighted by atomic mass is 10.0. The Bertz CT molecular complexity index is 845. The lowest BCUT2D eigenvalue weighted by Gasteiger charge is -2.06. The molecule has 2 rings (SSSR count). The van der Waals surface area contributed by atoms with E-state index in [0.29, 0.717) is 0 Å². The topological polar surface area (TPSA) is 38.4 Å². The normalized spacial score (nSPS) is 13.8. The molecule has 0 amide bonds. The lowest BCUT2D eigenvalue weighted by Crippen LogP contribution is -1.87. The highest BCUT2D eigenvalue weighted by Crippen LogP contribution is 2.27. The molecule has 0 bridgehead atoms. The number of allylic oxidation sites excluding steroid dienone is 8. The maximum absolute atomic E-state index is 5.55. The summed E-state index contributed by atoms with van der Waals surface area (Å²) in [5, 5.41) is 2.50. The van der Waals surface area contributed by atoms with Crippen LogP contribution >= 0.6 is 0 Å². The van der Waals surface area contributed by atoms with Crippen LogP contribution < -0.4 is 5.73 Å². The van der Waals surface area contributed by atoms with Gasteiger partial charge in [0.2, 0.25) is 0 Å². The molecule has 0 radical (unpaired) electrons. The molecule has 2 aromatic rings. The monoisotopic (exact) mass is 316 g/mol. The molecule has 0 aromatic heterocycles. The van der Waals surface area contributed by atoms with E-state index in [9.17, 15) is 0 Å². The van der Waals surface area contributed by atoms with E-state index < -0.39 is 0 Å². The van der Waals surface area contributed by atoms with E-state index in [1.165, 1.54) is 16.3 Å². The predicted molar refractivity (Wildman–Crippen MR) is 107 cm³/mol. The number of aryl methyl sites for hydroxylation is 1. The van der Waals surface area contributed by atoms with Gasteiger partial charge in [0.1, 0.15) is 0 Å². The molecular weight excluding hydrogens is 292 g/mol.